The Hall–Kier alpha value is -4.84. The number of esters is 1. The highest BCUT2D eigenvalue weighted by molar-refractivity contribution is 6.32. The molecular formula is C30H30ClN5O7. The lowest BCUT2D eigenvalue weighted by atomic mass is 10.1. The molecule has 12 nitrogen and oxygen atoms in total. The molecule has 0 atom stereocenters. The molecule has 3 heterocycles. The maximum absolute atomic E-state index is 13.2. The summed E-state index contributed by atoms with van der Waals surface area (Å²) in [6, 6.07) is 15.3. The summed E-state index contributed by atoms with van der Waals surface area (Å²) >= 11 is 6.47. The molecule has 0 unspecified atom stereocenters. The number of rotatable bonds is 11. The van der Waals surface area contributed by atoms with Crippen molar-refractivity contribution in [2.45, 2.75) is 52.7 Å². The summed E-state index contributed by atoms with van der Waals surface area (Å²) in [7, 11) is 0. The van der Waals surface area contributed by atoms with Crippen molar-refractivity contribution in [2.24, 2.45) is 0 Å². The number of carbonyl (C=O) groups excluding carboxylic acids is 2. The number of ether oxygens (including phenoxy) is 3. The van der Waals surface area contributed by atoms with Gasteiger partial charge in [-0.3, -0.25) is 9.51 Å². The van der Waals surface area contributed by atoms with Crippen LogP contribution in [-0.2, 0) is 27.2 Å². The van der Waals surface area contributed by atoms with E-state index >= 15 is 0 Å². The number of hydrogen-bond acceptors (Lipinski definition) is 9. The normalized spacial score (nSPS) is 11.3. The third-order valence-electron chi connectivity index (χ3n) is 6.66. The molecule has 224 valence electrons. The maximum Gasteiger partial charge on any atom is 0.511 e. The first-order valence-electron chi connectivity index (χ1n) is 13.8. The second-order valence-corrected chi connectivity index (χ2v) is 10.3. The lowest BCUT2D eigenvalue weighted by Gasteiger charge is -2.14. The van der Waals surface area contributed by atoms with Gasteiger partial charge in [0.1, 0.15) is 5.82 Å². The monoisotopic (exact) mass is 607 g/mol. The fraction of sp³-hybridized carbons (Fsp3) is 0.300. The predicted octanol–water partition coefficient (Wildman–Crippen LogP) is 5.89. The Morgan fingerprint density at radius 2 is 1.91 bits per heavy atom. The lowest BCUT2D eigenvalue weighted by Crippen LogP contribution is -2.19. The van der Waals surface area contributed by atoms with Crippen molar-refractivity contribution in [3.05, 3.63) is 87.5 Å². The highest BCUT2D eigenvalue weighted by atomic mass is 35.5. The van der Waals surface area contributed by atoms with Crippen LogP contribution in [0.25, 0.3) is 28.0 Å². The third kappa shape index (κ3) is 6.49. The molecule has 0 aliphatic rings. The molecule has 5 rings (SSSR count). The average Bonchev–Trinajstić information content (AvgIpc) is 3.68. The number of nitrogens with one attached hydrogen (secondary N) is 1. The van der Waals surface area contributed by atoms with Gasteiger partial charge in [0, 0.05) is 23.6 Å². The van der Waals surface area contributed by atoms with Crippen LogP contribution >= 0.6 is 11.6 Å². The van der Waals surface area contributed by atoms with Crippen LogP contribution in [0, 0.1) is 0 Å². The van der Waals surface area contributed by atoms with Gasteiger partial charge in [-0.2, -0.15) is 0 Å². The number of aryl methyl sites for hydroxylation is 1. The van der Waals surface area contributed by atoms with Crippen molar-refractivity contribution >= 4 is 34.6 Å². The van der Waals surface area contributed by atoms with Gasteiger partial charge >= 0.3 is 17.9 Å². The molecule has 0 fully saturated rings. The highest BCUT2D eigenvalue weighted by Gasteiger charge is 2.25. The molecule has 0 saturated heterocycles. The smallest absolute Gasteiger partial charge is 0.431 e. The number of halogens is 1. The molecule has 13 heteroatoms. The van der Waals surface area contributed by atoms with Crippen molar-refractivity contribution in [3.8, 4) is 17.1 Å². The van der Waals surface area contributed by atoms with Crippen LogP contribution in [0.4, 0.5) is 4.79 Å². The van der Waals surface area contributed by atoms with E-state index in [1.165, 1.54) is 0 Å². The van der Waals surface area contributed by atoms with Crippen molar-refractivity contribution < 1.29 is 28.3 Å². The van der Waals surface area contributed by atoms with Gasteiger partial charge in [-0.1, -0.05) is 54.4 Å². The van der Waals surface area contributed by atoms with Crippen molar-refractivity contribution in [2.75, 3.05) is 6.79 Å². The Balaban J connectivity index is 1.48. The molecule has 5 aromatic rings. The van der Waals surface area contributed by atoms with E-state index < -0.39 is 24.7 Å². The van der Waals surface area contributed by atoms with E-state index in [0.717, 1.165) is 35.0 Å². The van der Waals surface area contributed by atoms with Crippen molar-refractivity contribution in [3.63, 3.8) is 0 Å². The van der Waals surface area contributed by atoms with Gasteiger partial charge in [-0.25, -0.2) is 19.4 Å². The van der Waals surface area contributed by atoms with Gasteiger partial charge < -0.3 is 23.3 Å². The van der Waals surface area contributed by atoms with Gasteiger partial charge in [0.25, 0.3) is 0 Å². The number of imidazole rings is 1. The van der Waals surface area contributed by atoms with Crippen LogP contribution in [0.15, 0.2) is 64.0 Å². The van der Waals surface area contributed by atoms with Gasteiger partial charge in [0.2, 0.25) is 6.79 Å². The molecule has 0 amide bonds. The van der Waals surface area contributed by atoms with E-state index in [1.54, 1.807) is 18.4 Å². The zero-order chi connectivity index (χ0) is 30.5. The topological polar surface area (TPSA) is 143 Å². The number of fused-ring (bicyclic) bond motifs is 1. The number of H-pyrrole nitrogens is 1. The van der Waals surface area contributed by atoms with Crippen LogP contribution < -0.4 is 5.76 Å². The Labute approximate surface area is 251 Å². The van der Waals surface area contributed by atoms with Crippen molar-refractivity contribution in [1.29, 1.82) is 0 Å². The maximum atomic E-state index is 13.2. The zero-order valence-corrected chi connectivity index (χ0v) is 24.6. The fourth-order valence-corrected chi connectivity index (χ4v) is 5.04. The highest BCUT2D eigenvalue weighted by Crippen LogP contribution is 2.30. The zero-order valence-electron chi connectivity index (χ0n) is 23.8. The SMILES string of the molecule is CCCCc1nc(Cl)c(C(=O)OCOC(=O)OC(C)C)n1Cc1cccc2c1ccn2-c1ccccc1-c1noc(=O)[nH]1. The summed E-state index contributed by atoms with van der Waals surface area (Å²) in [5.74, 6) is -0.468. The number of para-hydroxylation sites is 1. The van der Waals surface area contributed by atoms with E-state index in [-0.39, 0.29) is 23.5 Å². The number of carbonyl (C=O) groups is 2. The van der Waals surface area contributed by atoms with E-state index in [4.69, 9.17) is 30.3 Å². The lowest BCUT2D eigenvalue weighted by molar-refractivity contribution is -0.0349. The minimum Gasteiger partial charge on any atom is -0.431 e. The molecule has 0 radical (unpaired) electrons. The molecular weight excluding hydrogens is 578 g/mol. The van der Waals surface area contributed by atoms with E-state index in [1.807, 2.05) is 59.3 Å². The molecule has 0 aliphatic carbocycles. The molecule has 43 heavy (non-hydrogen) atoms. The number of benzene rings is 2. The third-order valence-corrected chi connectivity index (χ3v) is 6.92. The molecule has 0 bridgehead atoms. The first-order chi connectivity index (χ1) is 20.8. The number of aromatic amines is 1. The number of hydrogen-bond donors (Lipinski definition) is 1. The summed E-state index contributed by atoms with van der Waals surface area (Å²) in [5.41, 5.74) is 3.32. The standard InChI is InChI=1S/C30H30ClN5O7/c1-4-5-13-24-32-26(31)25(28(37)40-17-41-30(39)42-18(2)3)36(24)16-19-9-8-12-22-20(19)14-15-35(22)23-11-7-6-10-21(23)27-33-29(38)43-34-27/h6-12,14-15,18H,4-5,13,16-17H2,1-3H3,(H,33,34,38). The molecule has 0 aliphatic heterocycles. The minimum absolute atomic E-state index is 0.00105. The summed E-state index contributed by atoms with van der Waals surface area (Å²) < 4.78 is 23.4. The van der Waals surface area contributed by atoms with Gasteiger partial charge in [-0.15, -0.1) is 0 Å². The number of unbranched alkanes of at least 4 members (excludes halogenated alkanes) is 1. The van der Waals surface area contributed by atoms with E-state index in [0.29, 0.717) is 23.6 Å². The van der Waals surface area contributed by atoms with E-state index in [2.05, 4.69) is 22.0 Å². The Bertz CT molecular complexity index is 1820. The van der Waals surface area contributed by atoms with Crippen molar-refractivity contribution in [1.82, 2.24) is 24.3 Å². The first kappa shape index (κ1) is 29.6. The predicted molar refractivity (Wildman–Crippen MR) is 157 cm³/mol. The second-order valence-electron chi connectivity index (χ2n) is 9.96. The first-order valence-corrected chi connectivity index (χ1v) is 14.1. The van der Waals surface area contributed by atoms with Crippen LogP contribution in [-0.4, -0.2) is 49.3 Å². The van der Waals surface area contributed by atoms with Crippen LogP contribution in [0.3, 0.4) is 0 Å². The minimum atomic E-state index is -0.946. The number of aromatic nitrogens is 5. The second kappa shape index (κ2) is 13.0. The quantitative estimate of drug-likeness (QED) is 0.143. The molecule has 2 aromatic carbocycles. The fourth-order valence-electron chi connectivity index (χ4n) is 4.76. The van der Waals surface area contributed by atoms with Crippen LogP contribution in [0.1, 0.15) is 55.5 Å². The molecule has 3 aromatic heterocycles. The molecule has 1 N–H and O–H groups in total. The van der Waals surface area contributed by atoms with Gasteiger partial charge in [0.05, 0.1) is 23.9 Å². The van der Waals surface area contributed by atoms with Gasteiger partial charge in [0.15, 0.2) is 16.7 Å². The Kier molecular flexibility index (Phi) is 8.96. The summed E-state index contributed by atoms with van der Waals surface area (Å²) in [6.45, 7) is 5.06. The van der Waals surface area contributed by atoms with Crippen LogP contribution in [0.5, 0.6) is 0 Å². The summed E-state index contributed by atoms with van der Waals surface area (Å²) in [4.78, 5) is 43.5. The Morgan fingerprint density at radius 1 is 1.09 bits per heavy atom. The van der Waals surface area contributed by atoms with E-state index in [9.17, 15) is 14.4 Å². The molecule has 0 saturated carbocycles. The average molecular weight is 608 g/mol. The largest absolute Gasteiger partial charge is 0.511 e. The number of nitrogens with zero attached hydrogens (tertiary/aromatic N) is 4. The van der Waals surface area contributed by atoms with Crippen LogP contribution in [0.2, 0.25) is 5.15 Å². The summed E-state index contributed by atoms with van der Waals surface area (Å²) in [6.07, 6.45) is 2.96. The Morgan fingerprint density at radius 3 is 2.65 bits per heavy atom. The summed E-state index contributed by atoms with van der Waals surface area (Å²) in [5, 5.41) is 4.79. The van der Waals surface area contributed by atoms with Gasteiger partial charge in [-0.05, 0) is 50.1 Å². The molecule has 0 spiro atoms.